The molecule has 2 N–H and O–H groups in total. The molecule has 2 aromatic heterocycles. The first-order chi connectivity index (χ1) is 11.6. The Balaban J connectivity index is 1.81. The highest BCUT2D eigenvalue weighted by atomic mass is 79.9. The molecule has 0 saturated carbocycles. The minimum Gasteiger partial charge on any atom is -0.334 e. The molecule has 3 heterocycles. The molecule has 4 rings (SSSR count). The largest absolute Gasteiger partial charge is 0.334 e. The van der Waals surface area contributed by atoms with Gasteiger partial charge in [-0.1, -0.05) is 17.3 Å². The SMILES string of the molecule is CN1CCNCC1c1noc(-c2cc(=O)[nH]c3c(Br)cccc23)n1. The van der Waals surface area contributed by atoms with Crippen LogP contribution in [0, 0.1) is 0 Å². The number of halogens is 1. The molecule has 1 fully saturated rings. The van der Waals surface area contributed by atoms with E-state index in [-0.39, 0.29) is 11.6 Å². The van der Waals surface area contributed by atoms with Gasteiger partial charge in [-0.2, -0.15) is 4.98 Å². The van der Waals surface area contributed by atoms with Crippen molar-refractivity contribution in [2.75, 3.05) is 26.7 Å². The van der Waals surface area contributed by atoms with Crippen LogP contribution in [0.15, 0.2) is 38.1 Å². The van der Waals surface area contributed by atoms with Crippen molar-refractivity contribution in [2.45, 2.75) is 6.04 Å². The minimum absolute atomic E-state index is 0.0660. The van der Waals surface area contributed by atoms with Crippen molar-refractivity contribution in [3.8, 4) is 11.5 Å². The number of fused-ring (bicyclic) bond motifs is 1. The highest BCUT2D eigenvalue weighted by Gasteiger charge is 2.26. The van der Waals surface area contributed by atoms with Crippen LogP contribution in [-0.2, 0) is 0 Å². The lowest BCUT2D eigenvalue weighted by molar-refractivity contribution is 0.190. The van der Waals surface area contributed by atoms with Crippen molar-refractivity contribution in [3.05, 3.63) is 44.9 Å². The van der Waals surface area contributed by atoms with Gasteiger partial charge in [0.15, 0.2) is 5.82 Å². The number of hydrogen-bond donors (Lipinski definition) is 2. The van der Waals surface area contributed by atoms with E-state index in [9.17, 15) is 4.79 Å². The second-order valence-electron chi connectivity index (χ2n) is 5.87. The summed E-state index contributed by atoms with van der Waals surface area (Å²) < 4.78 is 6.29. The summed E-state index contributed by atoms with van der Waals surface area (Å²) in [5.41, 5.74) is 1.15. The molecule has 0 aliphatic carbocycles. The molecule has 1 unspecified atom stereocenters. The maximum Gasteiger partial charge on any atom is 0.258 e. The number of piperazine rings is 1. The van der Waals surface area contributed by atoms with Crippen LogP contribution in [0.25, 0.3) is 22.4 Å². The standard InChI is InChI=1S/C16H16BrN5O2/c1-22-6-5-18-8-12(22)15-20-16(24-21-15)10-7-13(23)19-14-9(10)3-2-4-11(14)17/h2-4,7,12,18H,5-6,8H2,1H3,(H,19,23). The normalized spacial score (nSPS) is 19.0. The number of aromatic nitrogens is 3. The van der Waals surface area contributed by atoms with Gasteiger partial charge in [0.25, 0.3) is 5.89 Å². The van der Waals surface area contributed by atoms with Crippen LogP contribution < -0.4 is 10.9 Å². The summed E-state index contributed by atoms with van der Waals surface area (Å²) in [6.45, 7) is 2.65. The van der Waals surface area contributed by atoms with Crippen LogP contribution in [0.4, 0.5) is 0 Å². The minimum atomic E-state index is -0.208. The first-order valence-electron chi connectivity index (χ1n) is 7.70. The molecule has 0 spiro atoms. The summed E-state index contributed by atoms with van der Waals surface area (Å²) in [6, 6.07) is 7.27. The van der Waals surface area contributed by atoms with Gasteiger partial charge in [0.2, 0.25) is 5.56 Å². The van der Waals surface area contributed by atoms with Crippen LogP contribution in [0.5, 0.6) is 0 Å². The zero-order valence-electron chi connectivity index (χ0n) is 13.0. The molecule has 24 heavy (non-hydrogen) atoms. The smallest absolute Gasteiger partial charge is 0.258 e. The molecule has 3 aromatic rings. The van der Waals surface area contributed by atoms with Gasteiger partial charge in [-0.3, -0.25) is 9.69 Å². The van der Waals surface area contributed by atoms with Gasteiger partial charge in [-0.05, 0) is 29.0 Å². The molecule has 1 aliphatic rings. The van der Waals surface area contributed by atoms with Crippen LogP contribution in [0.2, 0.25) is 0 Å². The van der Waals surface area contributed by atoms with Crippen molar-refractivity contribution in [1.82, 2.24) is 25.3 Å². The van der Waals surface area contributed by atoms with E-state index >= 15 is 0 Å². The van der Waals surface area contributed by atoms with Gasteiger partial charge in [-0.25, -0.2) is 0 Å². The zero-order chi connectivity index (χ0) is 16.7. The fourth-order valence-electron chi connectivity index (χ4n) is 2.99. The van der Waals surface area contributed by atoms with Gasteiger partial charge in [0.1, 0.15) is 0 Å². The Labute approximate surface area is 146 Å². The van der Waals surface area contributed by atoms with Gasteiger partial charge in [0, 0.05) is 35.6 Å². The molecular weight excluding hydrogens is 374 g/mol. The van der Waals surface area contributed by atoms with E-state index in [0.29, 0.717) is 17.3 Å². The summed E-state index contributed by atoms with van der Waals surface area (Å²) >= 11 is 3.46. The van der Waals surface area contributed by atoms with E-state index in [0.717, 1.165) is 35.0 Å². The van der Waals surface area contributed by atoms with E-state index in [4.69, 9.17) is 4.52 Å². The highest BCUT2D eigenvalue weighted by molar-refractivity contribution is 9.10. The number of para-hydroxylation sites is 1. The third kappa shape index (κ3) is 2.66. The monoisotopic (exact) mass is 389 g/mol. The fourth-order valence-corrected chi connectivity index (χ4v) is 3.46. The summed E-state index contributed by atoms with van der Waals surface area (Å²) in [5.74, 6) is 0.987. The molecule has 1 saturated heterocycles. The second kappa shape index (κ2) is 6.12. The average molecular weight is 390 g/mol. The molecular formula is C16H16BrN5O2. The Morgan fingerprint density at radius 1 is 1.42 bits per heavy atom. The Kier molecular flexibility index (Phi) is 3.95. The molecule has 0 amide bonds. The van der Waals surface area contributed by atoms with Crippen molar-refractivity contribution >= 4 is 26.8 Å². The number of pyridine rings is 1. The summed E-state index contributed by atoms with van der Waals surface area (Å²) in [4.78, 5) is 21.6. The Morgan fingerprint density at radius 2 is 2.29 bits per heavy atom. The van der Waals surface area contributed by atoms with Crippen LogP contribution in [-0.4, -0.2) is 46.7 Å². The van der Waals surface area contributed by atoms with E-state index in [1.165, 1.54) is 6.07 Å². The topological polar surface area (TPSA) is 87.0 Å². The summed E-state index contributed by atoms with van der Waals surface area (Å²) in [6.07, 6.45) is 0. The maximum atomic E-state index is 12.0. The molecule has 124 valence electrons. The average Bonchev–Trinajstić information content (AvgIpc) is 3.05. The maximum absolute atomic E-state index is 12.0. The molecule has 1 atom stereocenters. The van der Waals surface area contributed by atoms with E-state index in [1.807, 2.05) is 25.2 Å². The number of nitrogens with zero attached hydrogens (tertiary/aromatic N) is 3. The highest BCUT2D eigenvalue weighted by Crippen LogP contribution is 2.30. The van der Waals surface area contributed by atoms with E-state index in [2.05, 4.69) is 41.3 Å². The van der Waals surface area contributed by atoms with Crippen molar-refractivity contribution in [1.29, 1.82) is 0 Å². The lowest BCUT2D eigenvalue weighted by Gasteiger charge is -2.30. The first-order valence-corrected chi connectivity index (χ1v) is 8.49. The lowest BCUT2D eigenvalue weighted by atomic mass is 10.1. The lowest BCUT2D eigenvalue weighted by Crippen LogP contribution is -2.44. The molecule has 1 aromatic carbocycles. The molecule has 7 nitrogen and oxygen atoms in total. The predicted molar refractivity (Wildman–Crippen MR) is 93.8 cm³/mol. The molecule has 8 heteroatoms. The van der Waals surface area contributed by atoms with Crippen molar-refractivity contribution < 1.29 is 4.52 Å². The van der Waals surface area contributed by atoms with Crippen LogP contribution in [0.3, 0.4) is 0 Å². The summed E-state index contributed by atoms with van der Waals surface area (Å²) in [5, 5.41) is 8.32. The third-order valence-corrected chi connectivity index (χ3v) is 4.97. The number of rotatable bonds is 2. The molecule has 0 radical (unpaired) electrons. The predicted octanol–water partition coefficient (Wildman–Crippen LogP) is 1.92. The van der Waals surface area contributed by atoms with Gasteiger partial charge >= 0.3 is 0 Å². The Hall–Kier alpha value is -2.03. The number of likely N-dealkylation sites (N-methyl/N-ethyl adjacent to an activating group) is 1. The number of benzene rings is 1. The second-order valence-corrected chi connectivity index (χ2v) is 6.72. The number of nitrogens with one attached hydrogen (secondary N) is 2. The summed E-state index contributed by atoms with van der Waals surface area (Å²) in [7, 11) is 2.04. The zero-order valence-corrected chi connectivity index (χ0v) is 14.6. The van der Waals surface area contributed by atoms with Crippen LogP contribution in [0.1, 0.15) is 11.9 Å². The number of hydrogen-bond acceptors (Lipinski definition) is 6. The Morgan fingerprint density at radius 3 is 3.12 bits per heavy atom. The third-order valence-electron chi connectivity index (χ3n) is 4.31. The van der Waals surface area contributed by atoms with Gasteiger partial charge < -0.3 is 14.8 Å². The number of aromatic amines is 1. The van der Waals surface area contributed by atoms with Crippen molar-refractivity contribution in [2.24, 2.45) is 0 Å². The number of H-pyrrole nitrogens is 1. The van der Waals surface area contributed by atoms with Crippen molar-refractivity contribution in [3.63, 3.8) is 0 Å². The molecule has 1 aliphatic heterocycles. The van der Waals surface area contributed by atoms with Gasteiger partial charge in [0.05, 0.1) is 17.1 Å². The van der Waals surface area contributed by atoms with Gasteiger partial charge in [-0.15, -0.1) is 0 Å². The quantitative estimate of drug-likeness (QED) is 0.695. The van der Waals surface area contributed by atoms with E-state index in [1.54, 1.807) is 0 Å². The first kappa shape index (κ1) is 15.5. The fraction of sp³-hybridized carbons (Fsp3) is 0.312. The van der Waals surface area contributed by atoms with Crippen LogP contribution >= 0.6 is 15.9 Å². The molecule has 0 bridgehead atoms. The van der Waals surface area contributed by atoms with E-state index < -0.39 is 0 Å². The Bertz CT molecular complexity index is 951.